The highest BCUT2D eigenvalue weighted by molar-refractivity contribution is 9.10. The molecule has 3 atom stereocenters. The summed E-state index contributed by atoms with van der Waals surface area (Å²) in [4.78, 5) is 12.6. The summed E-state index contributed by atoms with van der Waals surface area (Å²) in [5.74, 6) is 0.162. The highest BCUT2D eigenvalue weighted by Crippen LogP contribution is 2.36. The summed E-state index contributed by atoms with van der Waals surface area (Å²) >= 11 is 3.56. The molecule has 0 radical (unpaired) electrons. The molecule has 0 saturated heterocycles. The number of benzene rings is 2. The van der Waals surface area contributed by atoms with Crippen LogP contribution in [-0.4, -0.2) is 29.0 Å². The Bertz CT molecular complexity index is 973. The van der Waals surface area contributed by atoms with E-state index in [4.69, 9.17) is 9.47 Å². The number of halogens is 1. The molecular weight excluding hydrogens is 432 g/mol. The Hall–Kier alpha value is -2.18. The number of fused-ring (bicyclic) bond motifs is 1. The molecule has 1 heterocycles. The van der Waals surface area contributed by atoms with Crippen molar-refractivity contribution in [1.82, 2.24) is 9.78 Å². The number of nitrogens with zero attached hydrogens (tertiary/aromatic N) is 2. The Kier molecular flexibility index (Phi) is 6.31. The topological polar surface area (TPSA) is 53.4 Å². The number of carbonyl (C=O) groups is 1. The second kappa shape index (κ2) is 9.09. The molecule has 0 N–H and O–H groups in total. The third-order valence-corrected chi connectivity index (χ3v) is 6.43. The molecule has 2 unspecified atom stereocenters. The SMILES string of the molecule is COC(=O)C(C[C@H]1CCC(OCc2ccccc2)C1)n1ncc2c(Br)cccc21. The molecule has 3 aromatic rings. The molecule has 0 spiro atoms. The van der Waals surface area contributed by atoms with Gasteiger partial charge in [-0.3, -0.25) is 4.68 Å². The molecule has 1 aliphatic rings. The Morgan fingerprint density at radius 2 is 2.03 bits per heavy atom. The maximum atomic E-state index is 12.6. The van der Waals surface area contributed by atoms with E-state index < -0.39 is 6.04 Å². The molecule has 2 aromatic carbocycles. The lowest BCUT2D eigenvalue weighted by Gasteiger charge is -2.20. The first-order valence-corrected chi connectivity index (χ1v) is 10.8. The van der Waals surface area contributed by atoms with E-state index in [-0.39, 0.29) is 12.1 Å². The lowest BCUT2D eigenvalue weighted by molar-refractivity contribution is -0.145. The van der Waals surface area contributed by atoms with Crippen LogP contribution < -0.4 is 0 Å². The molecule has 29 heavy (non-hydrogen) atoms. The average molecular weight is 457 g/mol. The van der Waals surface area contributed by atoms with Crippen molar-refractivity contribution < 1.29 is 14.3 Å². The molecule has 0 amide bonds. The number of hydrogen-bond donors (Lipinski definition) is 0. The number of esters is 1. The quantitative estimate of drug-likeness (QED) is 0.453. The molecule has 6 heteroatoms. The van der Waals surface area contributed by atoms with Crippen molar-refractivity contribution in [1.29, 1.82) is 0 Å². The van der Waals surface area contributed by atoms with E-state index in [0.29, 0.717) is 18.9 Å². The van der Waals surface area contributed by atoms with Gasteiger partial charge in [0.25, 0.3) is 0 Å². The predicted octanol–water partition coefficient (Wildman–Crippen LogP) is 5.29. The van der Waals surface area contributed by atoms with E-state index in [2.05, 4.69) is 33.2 Å². The average Bonchev–Trinajstić information content (AvgIpc) is 3.38. The van der Waals surface area contributed by atoms with Crippen molar-refractivity contribution in [2.75, 3.05) is 7.11 Å². The van der Waals surface area contributed by atoms with Crippen molar-refractivity contribution in [3.05, 3.63) is 64.8 Å². The van der Waals surface area contributed by atoms with Crippen molar-refractivity contribution in [3.63, 3.8) is 0 Å². The van der Waals surface area contributed by atoms with Gasteiger partial charge in [-0.05, 0) is 49.3 Å². The molecule has 152 valence electrons. The molecular formula is C23H25BrN2O3. The van der Waals surface area contributed by atoms with Gasteiger partial charge in [-0.2, -0.15) is 5.10 Å². The summed E-state index contributed by atoms with van der Waals surface area (Å²) in [6.45, 7) is 0.635. The number of hydrogen-bond acceptors (Lipinski definition) is 4. The third-order valence-electron chi connectivity index (χ3n) is 5.73. The van der Waals surface area contributed by atoms with Gasteiger partial charge in [0.1, 0.15) is 6.04 Å². The highest BCUT2D eigenvalue weighted by Gasteiger charge is 2.32. The van der Waals surface area contributed by atoms with Crippen molar-refractivity contribution in [2.24, 2.45) is 5.92 Å². The summed E-state index contributed by atoms with van der Waals surface area (Å²) in [6, 6.07) is 15.7. The van der Waals surface area contributed by atoms with Crippen LogP contribution in [0.4, 0.5) is 0 Å². The first-order chi connectivity index (χ1) is 14.2. The van der Waals surface area contributed by atoms with E-state index in [0.717, 1.165) is 34.6 Å². The van der Waals surface area contributed by atoms with Crippen LogP contribution in [-0.2, 0) is 20.9 Å². The van der Waals surface area contributed by atoms with Gasteiger partial charge in [0, 0.05) is 9.86 Å². The zero-order valence-corrected chi connectivity index (χ0v) is 18.0. The lowest BCUT2D eigenvalue weighted by atomic mass is 9.98. The molecule has 1 aromatic heterocycles. The van der Waals surface area contributed by atoms with E-state index in [1.165, 1.54) is 12.7 Å². The van der Waals surface area contributed by atoms with Crippen LogP contribution in [0.1, 0.15) is 37.3 Å². The minimum Gasteiger partial charge on any atom is -0.467 e. The molecule has 0 aliphatic heterocycles. The normalized spacial score (nSPS) is 20.1. The summed E-state index contributed by atoms with van der Waals surface area (Å²) in [5, 5.41) is 5.51. The monoisotopic (exact) mass is 456 g/mol. The maximum Gasteiger partial charge on any atom is 0.330 e. The van der Waals surface area contributed by atoms with Crippen LogP contribution in [0, 0.1) is 5.92 Å². The fourth-order valence-corrected chi connectivity index (χ4v) is 4.67. The first kappa shape index (κ1) is 20.1. The van der Waals surface area contributed by atoms with Gasteiger partial charge >= 0.3 is 5.97 Å². The zero-order chi connectivity index (χ0) is 20.2. The largest absolute Gasteiger partial charge is 0.467 e. The lowest BCUT2D eigenvalue weighted by Crippen LogP contribution is -2.24. The molecule has 5 nitrogen and oxygen atoms in total. The number of aromatic nitrogens is 2. The molecule has 4 rings (SSSR count). The maximum absolute atomic E-state index is 12.6. The highest BCUT2D eigenvalue weighted by atomic mass is 79.9. The van der Waals surface area contributed by atoms with Crippen LogP contribution in [0.5, 0.6) is 0 Å². The number of carbonyl (C=O) groups excluding carboxylic acids is 1. The Balaban J connectivity index is 1.44. The van der Waals surface area contributed by atoms with E-state index >= 15 is 0 Å². The molecule has 1 saturated carbocycles. The van der Waals surface area contributed by atoms with Crippen molar-refractivity contribution >= 4 is 32.8 Å². The molecule has 0 bridgehead atoms. The van der Waals surface area contributed by atoms with Crippen LogP contribution in [0.2, 0.25) is 0 Å². The van der Waals surface area contributed by atoms with Crippen LogP contribution in [0.3, 0.4) is 0 Å². The second-order valence-electron chi connectivity index (χ2n) is 7.63. The van der Waals surface area contributed by atoms with Gasteiger partial charge in [0.05, 0.1) is 31.5 Å². The summed E-state index contributed by atoms with van der Waals surface area (Å²) < 4.78 is 14.0. The first-order valence-electron chi connectivity index (χ1n) is 10.0. The zero-order valence-electron chi connectivity index (χ0n) is 16.5. The minimum atomic E-state index is -0.426. The number of ether oxygens (including phenoxy) is 2. The molecule has 1 aliphatic carbocycles. The predicted molar refractivity (Wildman–Crippen MR) is 115 cm³/mol. The Labute approximate surface area is 179 Å². The Morgan fingerprint density at radius 1 is 1.21 bits per heavy atom. The minimum absolute atomic E-state index is 0.238. The summed E-state index contributed by atoms with van der Waals surface area (Å²) in [5.41, 5.74) is 2.13. The van der Waals surface area contributed by atoms with E-state index in [9.17, 15) is 4.79 Å². The van der Waals surface area contributed by atoms with Gasteiger partial charge in [-0.1, -0.05) is 52.3 Å². The van der Waals surface area contributed by atoms with Gasteiger partial charge in [0.15, 0.2) is 0 Å². The Morgan fingerprint density at radius 3 is 2.83 bits per heavy atom. The second-order valence-corrected chi connectivity index (χ2v) is 8.49. The van der Waals surface area contributed by atoms with Crippen LogP contribution in [0.25, 0.3) is 10.9 Å². The summed E-state index contributed by atoms with van der Waals surface area (Å²) in [6.07, 6.45) is 5.79. The van der Waals surface area contributed by atoms with E-state index in [1.54, 1.807) is 6.20 Å². The van der Waals surface area contributed by atoms with Gasteiger partial charge in [0.2, 0.25) is 0 Å². The van der Waals surface area contributed by atoms with E-state index in [1.807, 2.05) is 41.1 Å². The summed E-state index contributed by atoms with van der Waals surface area (Å²) in [7, 11) is 1.44. The fourth-order valence-electron chi connectivity index (χ4n) is 4.21. The van der Waals surface area contributed by atoms with Gasteiger partial charge in [-0.25, -0.2) is 4.79 Å². The fraction of sp³-hybridized carbons (Fsp3) is 0.391. The molecule has 1 fully saturated rings. The van der Waals surface area contributed by atoms with Crippen LogP contribution in [0.15, 0.2) is 59.2 Å². The number of rotatable bonds is 7. The smallest absolute Gasteiger partial charge is 0.330 e. The van der Waals surface area contributed by atoms with Gasteiger partial charge < -0.3 is 9.47 Å². The standard InChI is InChI=1S/C23H25BrN2O3/c1-28-23(27)22(26-21-9-5-8-20(24)19(21)14-25-26)13-17-10-11-18(12-17)29-15-16-6-3-2-4-7-16/h2-9,14,17-18,22H,10-13,15H2,1H3/t17-,18?,22?/m0/s1. The van der Waals surface area contributed by atoms with Gasteiger partial charge in [-0.15, -0.1) is 0 Å². The van der Waals surface area contributed by atoms with Crippen molar-refractivity contribution in [3.8, 4) is 0 Å². The van der Waals surface area contributed by atoms with Crippen LogP contribution >= 0.6 is 15.9 Å². The third kappa shape index (κ3) is 4.54. The van der Waals surface area contributed by atoms with Crippen molar-refractivity contribution in [2.45, 2.75) is 44.4 Å². The number of methoxy groups -OCH3 is 1.